The molecule has 19 heavy (non-hydrogen) atoms. The molecule has 1 atom stereocenters. The molecule has 1 aliphatic carbocycles. The van der Waals surface area contributed by atoms with E-state index >= 15 is 0 Å². The normalized spacial score (nSPS) is 17.1. The van der Waals surface area contributed by atoms with Crippen molar-refractivity contribution in [3.8, 4) is 0 Å². The van der Waals surface area contributed by atoms with E-state index in [4.69, 9.17) is 0 Å². The summed E-state index contributed by atoms with van der Waals surface area (Å²) in [6, 6.07) is 3.48. The van der Waals surface area contributed by atoms with Crippen LogP contribution in [0, 0.1) is 5.82 Å². The van der Waals surface area contributed by atoms with Crippen LogP contribution in [-0.2, 0) is 0 Å². The lowest BCUT2D eigenvalue weighted by Gasteiger charge is -2.18. The summed E-state index contributed by atoms with van der Waals surface area (Å²) in [6.45, 7) is 3.10. The van der Waals surface area contributed by atoms with Crippen molar-refractivity contribution in [2.24, 2.45) is 0 Å². The van der Waals surface area contributed by atoms with Crippen LogP contribution < -0.4 is 5.32 Å². The molecule has 2 rings (SSSR count). The Bertz CT molecular complexity index is 411. The Balaban J connectivity index is 1.82. The molecule has 0 saturated heterocycles. The highest BCUT2D eigenvalue weighted by atomic mass is 19.1. The minimum Gasteiger partial charge on any atom is -0.308 e. The van der Waals surface area contributed by atoms with E-state index in [0.717, 1.165) is 25.1 Å². The maximum Gasteiger partial charge on any atom is 0.141 e. The van der Waals surface area contributed by atoms with Gasteiger partial charge < -0.3 is 5.32 Å². The highest BCUT2D eigenvalue weighted by molar-refractivity contribution is 5.10. The van der Waals surface area contributed by atoms with E-state index in [2.05, 4.69) is 23.3 Å². The molecule has 0 saturated carbocycles. The molecule has 1 aliphatic rings. The summed E-state index contributed by atoms with van der Waals surface area (Å²) in [4.78, 5) is 4.16. The zero-order chi connectivity index (χ0) is 13.5. The van der Waals surface area contributed by atoms with Crippen LogP contribution in [0.4, 0.5) is 4.39 Å². The Morgan fingerprint density at radius 3 is 2.89 bits per heavy atom. The van der Waals surface area contributed by atoms with Gasteiger partial charge in [0.25, 0.3) is 0 Å². The van der Waals surface area contributed by atoms with Gasteiger partial charge in [0.15, 0.2) is 0 Å². The summed E-state index contributed by atoms with van der Waals surface area (Å²) >= 11 is 0. The van der Waals surface area contributed by atoms with Crippen LogP contribution in [0.15, 0.2) is 30.0 Å². The summed E-state index contributed by atoms with van der Waals surface area (Å²) in [5.41, 5.74) is 2.52. The summed E-state index contributed by atoms with van der Waals surface area (Å²) in [6.07, 6.45) is 11.0. The van der Waals surface area contributed by atoms with Crippen LogP contribution in [0.25, 0.3) is 0 Å². The fourth-order valence-electron chi connectivity index (χ4n) is 2.59. The van der Waals surface area contributed by atoms with E-state index in [-0.39, 0.29) is 11.9 Å². The first kappa shape index (κ1) is 14.2. The average Bonchev–Trinajstić information content (AvgIpc) is 2.46. The first-order chi connectivity index (χ1) is 9.29. The second-order valence-electron chi connectivity index (χ2n) is 5.17. The number of aromatic nitrogens is 1. The molecule has 3 heteroatoms. The van der Waals surface area contributed by atoms with Gasteiger partial charge in [0.05, 0.1) is 11.9 Å². The third-order valence-electron chi connectivity index (χ3n) is 3.74. The molecule has 1 aromatic heterocycles. The summed E-state index contributed by atoms with van der Waals surface area (Å²) in [7, 11) is 0. The van der Waals surface area contributed by atoms with Crippen molar-refractivity contribution in [2.75, 3.05) is 6.54 Å². The summed E-state index contributed by atoms with van der Waals surface area (Å²) in [5, 5.41) is 3.53. The van der Waals surface area contributed by atoms with Crippen LogP contribution in [0.3, 0.4) is 0 Å². The molecule has 2 nitrogen and oxygen atoms in total. The zero-order valence-corrected chi connectivity index (χ0v) is 11.7. The highest BCUT2D eigenvalue weighted by Crippen LogP contribution is 2.20. The molecule has 0 aromatic carbocycles. The average molecular weight is 262 g/mol. The smallest absolute Gasteiger partial charge is 0.141 e. The molecule has 0 fully saturated rings. The number of rotatable bonds is 6. The summed E-state index contributed by atoms with van der Waals surface area (Å²) in [5.74, 6) is -0.272. The van der Waals surface area contributed by atoms with Crippen LogP contribution in [0.5, 0.6) is 0 Å². The zero-order valence-electron chi connectivity index (χ0n) is 11.7. The van der Waals surface area contributed by atoms with Crippen molar-refractivity contribution in [1.82, 2.24) is 10.3 Å². The lowest BCUT2D eigenvalue weighted by Crippen LogP contribution is -2.23. The molecule has 1 N–H and O–H groups in total. The minimum atomic E-state index is -0.272. The number of hydrogen-bond acceptors (Lipinski definition) is 2. The van der Waals surface area contributed by atoms with Crippen molar-refractivity contribution < 1.29 is 4.39 Å². The molecule has 1 heterocycles. The maximum absolute atomic E-state index is 12.9. The third kappa shape index (κ3) is 4.43. The molecule has 1 unspecified atom stereocenters. The topological polar surface area (TPSA) is 24.9 Å². The van der Waals surface area contributed by atoms with E-state index < -0.39 is 0 Å². The standard InChI is InChI=1S/C16H23FN2/c1-2-15(16-9-8-14(17)12-19-16)18-11-10-13-6-4-3-5-7-13/h6,8-9,12,15,18H,2-5,7,10-11H2,1H3. The van der Waals surface area contributed by atoms with E-state index in [1.54, 1.807) is 11.6 Å². The van der Waals surface area contributed by atoms with Gasteiger partial charge in [-0.05, 0) is 57.2 Å². The quantitative estimate of drug-likeness (QED) is 0.779. The van der Waals surface area contributed by atoms with Gasteiger partial charge >= 0.3 is 0 Å². The third-order valence-corrected chi connectivity index (χ3v) is 3.74. The van der Waals surface area contributed by atoms with Crippen LogP contribution in [-0.4, -0.2) is 11.5 Å². The predicted octanol–water partition coefficient (Wildman–Crippen LogP) is 4.15. The van der Waals surface area contributed by atoms with Gasteiger partial charge in [-0.1, -0.05) is 18.6 Å². The number of nitrogens with zero attached hydrogens (tertiary/aromatic N) is 1. The Hall–Kier alpha value is -1.22. The van der Waals surface area contributed by atoms with Gasteiger partial charge in [-0.3, -0.25) is 4.98 Å². The number of nitrogens with one attached hydrogen (secondary N) is 1. The number of allylic oxidation sites excluding steroid dienone is 1. The molecule has 0 radical (unpaired) electrons. The molecule has 0 amide bonds. The SMILES string of the molecule is CCC(NCCC1=CCCCC1)c1ccc(F)cn1. The fourth-order valence-corrected chi connectivity index (χ4v) is 2.59. The second-order valence-corrected chi connectivity index (χ2v) is 5.17. The van der Waals surface area contributed by atoms with Gasteiger partial charge in [0, 0.05) is 6.04 Å². The molecule has 0 spiro atoms. The monoisotopic (exact) mass is 262 g/mol. The van der Waals surface area contributed by atoms with Gasteiger partial charge in [-0.25, -0.2) is 4.39 Å². The lowest BCUT2D eigenvalue weighted by molar-refractivity contribution is 0.502. The van der Waals surface area contributed by atoms with Crippen LogP contribution >= 0.6 is 0 Å². The van der Waals surface area contributed by atoms with Crippen molar-refractivity contribution in [3.05, 3.63) is 41.5 Å². The van der Waals surface area contributed by atoms with E-state index in [1.807, 2.05) is 0 Å². The van der Waals surface area contributed by atoms with Crippen LogP contribution in [0.1, 0.15) is 57.2 Å². The number of halogens is 1. The molecule has 0 aliphatic heterocycles. The van der Waals surface area contributed by atoms with Crippen molar-refractivity contribution >= 4 is 0 Å². The summed E-state index contributed by atoms with van der Waals surface area (Å²) < 4.78 is 12.9. The largest absolute Gasteiger partial charge is 0.308 e. The van der Waals surface area contributed by atoms with Gasteiger partial charge in [-0.15, -0.1) is 0 Å². The Morgan fingerprint density at radius 2 is 2.26 bits per heavy atom. The predicted molar refractivity (Wildman–Crippen MR) is 76.4 cm³/mol. The molecule has 0 bridgehead atoms. The lowest BCUT2D eigenvalue weighted by atomic mass is 9.97. The van der Waals surface area contributed by atoms with Crippen molar-refractivity contribution in [1.29, 1.82) is 0 Å². The van der Waals surface area contributed by atoms with E-state index in [9.17, 15) is 4.39 Å². The van der Waals surface area contributed by atoms with E-state index in [1.165, 1.54) is 37.9 Å². The van der Waals surface area contributed by atoms with Crippen LogP contribution in [0.2, 0.25) is 0 Å². The molecule has 104 valence electrons. The first-order valence-corrected chi connectivity index (χ1v) is 7.32. The van der Waals surface area contributed by atoms with Gasteiger partial charge in [0.2, 0.25) is 0 Å². The van der Waals surface area contributed by atoms with Gasteiger partial charge in [-0.2, -0.15) is 0 Å². The first-order valence-electron chi connectivity index (χ1n) is 7.32. The van der Waals surface area contributed by atoms with Gasteiger partial charge in [0.1, 0.15) is 5.82 Å². The Morgan fingerprint density at radius 1 is 1.37 bits per heavy atom. The molecule has 1 aromatic rings. The highest BCUT2D eigenvalue weighted by Gasteiger charge is 2.10. The number of pyridine rings is 1. The Kier molecular flexibility index (Phi) is 5.52. The van der Waals surface area contributed by atoms with Crippen molar-refractivity contribution in [2.45, 2.75) is 51.5 Å². The molecular formula is C16H23FN2. The fraction of sp³-hybridized carbons (Fsp3) is 0.562. The number of hydrogen-bond donors (Lipinski definition) is 1. The Labute approximate surface area is 115 Å². The maximum atomic E-state index is 12.9. The van der Waals surface area contributed by atoms with E-state index in [0.29, 0.717) is 0 Å². The van der Waals surface area contributed by atoms with Crippen molar-refractivity contribution in [3.63, 3.8) is 0 Å². The minimum absolute atomic E-state index is 0.227. The second kappa shape index (κ2) is 7.39. The molecular weight excluding hydrogens is 239 g/mol.